The van der Waals surface area contributed by atoms with E-state index in [9.17, 15) is 5.26 Å². The van der Waals surface area contributed by atoms with Gasteiger partial charge in [0.15, 0.2) is 5.65 Å². The predicted octanol–water partition coefficient (Wildman–Crippen LogP) is 2.25. The third-order valence-corrected chi connectivity index (χ3v) is 4.84. The second-order valence-corrected chi connectivity index (χ2v) is 6.37. The zero-order valence-corrected chi connectivity index (χ0v) is 12.8. The number of nitriles is 2. The Morgan fingerprint density at radius 1 is 1.39 bits per heavy atom. The topological polar surface area (TPSA) is 87.0 Å². The van der Waals surface area contributed by atoms with Crippen LogP contribution in [0.5, 0.6) is 5.75 Å². The second-order valence-electron chi connectivity index (χ2n) is 5.43. The van der Waals surface area contributed by atoms with E-state index in [0.717, 1.165) is 29.0 Å². The Morgan fingerprint density at radius 2 is 2.26 bits per heavy atom. The summed E-state index contributed by atoms with van der Waals surface area (Å²) in [6.07, 6.45) is 5.23. The summed E-state index contributed by atoms with van der Waals surface area (Å²) in [5, 5.41) is 24.6. The van der Waals surface area contributed by atoms with Gasteiger partial charge in [0.25, 0.3) is 6.26 Å². The quantitative estimate of drug-likeness (QED) is 0.544. The fourth-order valence-corrected chi connectivity index (χ4v) is 3.39. The first-order valence-electron chi connectivity index (χ1n) is 7.20. The Labute approximate surface area is 136 Å². The number of ether oxygens (including phenoxy) is 1. The predicted molar refractivity (Wildman–Crippen MR) is 86.5 cm³/mol. The van der Waals surface area contributed by atoms with Gasteiger partial charge in [-0.1, -0.05) is 18.9 Å². The highest BCUT2D eigenvalue weighted by Crippen LogP contribution is 2.39. The van der Waals surface area contributed by atoms with E-state index in [1.807, 2.05) is 23.6 Å². The van der Waals surface area contributed by atoms with E-state index in [4.69, 9.17) is 10.00 Å². The molecule has 1 saturated carbocycles. The molecule has 3 aromatic rings. The van der Waals surface area contributed by atoms with Crippen LogP contribution in [0.2, 0.25) is 5.82 Å². The summed E-state index contributed by atoms with van der Waals surface area (Å²) in [5.41, 5.74) is 2.04. The van der Waals surface area contributed by atoms with Crippen LogP contribution < -0.4 is 10.3 Å². The first-order chi connectivity index (χ1) is 11.3. The molecular weight excluding hydrogens is 309 g/mol. The summed E-state index contributed by atoms with van der Waals surface area (Å²) < 4.78 is 6.58. The largest absolute Gasteiger partial charge is 0.382 e. The molecule has 0 amide bonds. The molecule has 110 valence electrons. The van der Waals surface area contributed by atoms with E-state index in [1.54, 1.807) is 22.1 Å². The SMILES string of the molecule is N#COc1cnn2c(B(C#N)C3CC3)cc(-c3cccs3)nc12. The maximum Gasteiger partial charge on any atom is 0.325 e. The third kappa shape index (κ3) is 2.34. The molecule has 3 heterocycles. The number of nitrogens with zero attached hydrogens (tertiary/aromatic N) is 5. The molecule has 0 unspecified atom stereocenters. The van der Waals surface area contributed by atoms with Crippen molar-refractivity contribution in [2.75, 3.05) is 0 Å². The highest BCUT2D eigenvalue weighted by atomic mass is 32.1. The Hall–Kier alpha value is -2.84. The normalized spacial score (nSPS) is 13.5. The molecule has 8 heteroatoms. The summed E-state index contributed by atoms with van der Waals surface area (Å²) in [5.74, 6) is 3.07. The number of fused-ring (bicyclic) bond motifs is 1. The van der Waals surface area contributed by atoms with Crippen LogP contribution in [0.25, 0.3) is 16.2 Å². The lowest BCUT2D eigenvalue weighted by Gasteiger charge is -2.09. The summed E-state index contributed by atoms with van der Waals surface area (Å²) in [4.78, 5) is 5.58. The smallest absolute Gasteiger partial charge is 0.325 e. The van der Waals surface area contributed by atoms with Gasteiger partial charge < -0.3 is 4.74 Å². The zero-order chi connectivity index (χ0) is 15.8. The molecule has 0 aromatic carbocycles. The number of aromatic nitrogens is 3. The fraction of sp³-hybridized carbons (Fsp3) is 0.200. The van der Waals surface area contributed by atoms with E-state index < -0.39 is 0 Å². The van der Waals surface area contributed by atoms with E-state index >= 15 is 0 Å². The van der Waals surface area contributed by atoms with Gasteiger partial charge in [-0.15, -0.1) is 16.6 Å². The van der Waals surface area contributed by atoms with Gasteiger partial charge in [-0.05, 0) is 23.3 Å². The van der Waals surface area contributed by atoms with Crippen molar-refractivity contribution in [1.82, 2.24) is 14.6 Å². The maximum atomic E-state index is 9.59. The van der Waals surface area contributed by atoms with Crippen LogP contribution in [-0.4, -0.2) is 21.3 Å². The number of hydrogen-bond acceptors (Lipinski definition) is 6. The lowest BCUT2D eigenvalue weighted by Crippen LogP contribution is -2.36. The number of rotatable bonds is 4. The van der Waals surface area contributed by atoms with Crippen LogP contribution in [0.15, 0.2) is 29.8 Å². The van der Waals surface area contributed by atoms with Crippen molar-refractivity contribution in [2.45, 2.75) is 18.7 Å². The van der Waals surface area contributed by atoms with Crippen molar-refractivity contribution in [3.63, 3.8) is 0 Å². The van der Waals surface area contributed by atoms with E-state index in [2.05, 4.69) is 16.1 Å². The van der Waals surface area contributed by atoms with Crippen LogP contribution in [0.1, 0.15) is 12.8 Å². The number of thiophene rings is 1. The van der Waals surface area contributed by atoms with Crippen LogP contribution in [0.3, 0.4) is 0 Å². The third-order valence-electron chi connectivity index (χ3n) is 3.95. The molecular formula is C15H10BN5OS. The average Bonchev–Trinajstić information content (AvgIpc) is 3.10. The molecule has 1 fully saturated rings. The highest BCUT2D eigenvalue weighted by Gasteiger charge is 2.39. The Morgan fingerprint density at radius 3 is 2.91 bits per heavy atom. The molecule has 0 atom stereocenters. The first kappa shape index (κ1) is 13.8. The average molecular weight is 319 g/mol. The minimum absolute atomic E-state index is 0.228. The van der Waals surface area contributed by atoms with Crippen molar-refractivity contribution in [3.8, 4) is 28.5 Å². The van der Waals surface area contributed by atoms with Crippen LogP contribution in [0.4, 0.5) is 0 Å². The molecule has 0 bridgehead atoms. The minimum atomic E-state index is -0.228. The molecule has 6 nitrogen and oxygen atoms in total. The van der Waals surface area contributed by atoms with Gasteiger partial charge in [-0.3, -0.25) is 0 Å². The lowest BCUT2D eigenvalue weighted by atomic mass is 9.44. The van der Waals surface area contributed by atoms with Crippen LogP contribution in [0, 0.1) is 22.7 Å². The van der Waals surface area contributed by atoms with Gasteiger partial charge in [0.05, 0.1) is 16.8 Å². The van der Waals surface area contributed by atoms with E-state index in [0.29, 0.717) is 17.2 Å². The maximum absolute atomic E-state index is 9.59. The standard InChI is InChI=1S/C15H10BN5OS/c17-8-16(10-3-4-10)14-6-11(13-2-1-5-23-13)20-15-12(22-9-18)7-19-21(14)15/h1-2,5-7,10H,3-4H2. The molecule has 0 N–H and O–H groups in total. The molecule has 1 aliphatic carbocycles. The zero-order valence-electron chi connectivity index (χ0n) is 12.0. The highest BCUT2D eigenvalue weighted by molar-refractivity contribution is 7.13. The van der Waals surface area contributed by atoms with Gasteiger partial charge >= 0.3 is 6.71 Å². The van der Waals surface area contributed by atoms with Crippen molar-refractivity contribution in [2.24, 2.45) is 0 Å². The minimum Gasteiger partial charge on any atom is -0.382 e. The summed E-state index contributed by atoms with van der Waals surface area (Å²) in [6, 6.07) is 5.86. The van der Waals surface area contributed by atoms with Crippen molar-refractivity contribution >= 4 is 29.3 Å². The molecule has 3 aromatic heterocycles. The molecule has 1 aliphatic rings. The second kappa shape index (κ2) is 5.42. The summed E-state index contributed by atoms with van der Waals surface area (Å²) in [6.45, 7) is -0.228. The van der Waals surface area contributed by atoms with Crippen LogP contribution >= 0.6 is 11.3 Å². The monoisotopic (exact) mass is 319 g/mol. The van der Waals surface area contributed by atoms with Gasteiger partial charge in [-0.25, -0.2) is 14.8 Å². The summed E-state index contributed by atoms with van der Waals surface area (Å²) in [7, 11) is 0. The Balaban J connectivity index is 1.96. The van der Waals surface area contributed by atoms with Crippen molar-refractivity contribution in [3.05, 3.63) is 29.8 Å². The summed E-state index contributed by atoms with van der Waals surface area (Å²) >= 11 is 1.58. The first-order valence-corrected chi connectivity index (χ1v) is 8.08. The van der Waals surface area contributed by atoms with Gasteiger partial charge in [0, 0.05) is 11.6 Å². The molecule has 0 radical (unpaired) electrons. The number of hydrogen-bond donors (Lipinski definition) is 0. The van der Waals surface area contributed by atoms with Crippen LogP contribution in [-0.2, 0) is 0 Å². The van der Waals surface area contributed by atoms with Crippen molar-refractivity contribution in [1.29, 1.82) is 10.5 Å². The van der Waals surface area contributed by atoms with E-state index in [-0.39, 0.29) is 6.71 Å². The van der Waals surface area contributed by atoms with E-state index in [1.165, 1.54) is 6.20 Å². The molecule has 23 heavy (non-hydrogen) atoms. The molecule has 4 rings (SSSR count). The van der Waals surface area contributed by atoms with Gasteiger partial charge in [-0.2, -0.15) is 5.10 Å². The Bertz CT molecular complexity index is 949. The lowest BCUT2D eigenvalue weighted by molar-refractivity contribution is 0.511. The van der Waals surface area contributed by atoms with Crippen molar-refractivity contribution < 1.29 is 4.74 Å². The molecule has 0 saturated heterocycles. The molecule has 0 aliphatic heterocycles. The molecule has 0 spiro atoms. The fourth-order valence-electron chi connectivity index (χ4n) is 2.70. The Kier molecular flexibility index (Phi) is 3.25. The van der Waals surface area contributed by atoms with Gasteiger partial charge in [0.1, 0.15) is 0 Å². The van der Waals surface area contributed by atoms with Gasteiger partial charge in [0.2, 0.25) is 5.75 Å².